The first kappa shape index (κ1) is 14.1. The molecule has 1 aromatic rings. The van der Waals surface area contributed by atoms with E-state index in [-0.39, 0.29) is 24.4 Å². The molecular weight excluding hydrogens is 270 g/mol. The SMILES string of the molecule is CNCc1ccc(CN2CC(=O)N3CCCCC3C2=O)o1. The van der Waals surface area contributed by atoms with Gasteiger partial charge in [-0.25, -0.2) is 0 Å². The van der Waals surface area contributed by atoms with Gasteiger partial charge < -0.3 is 19.5 Å². The number of rotatable bonds is 4. The fraction of sp³-hybridized carbons (Fsp3) is 0.600. The van der Waals surface area contributed by atoms with E-state index in [2.05, 4.69) is 5.32 Å². The molecule has 1 unspecified atom stereocenters. The van der Waals surface area contributed by atoms with Crippen molar-refractivity contribution in [2.24, 2.45) is 0 Å². The molecule has 3 heterocycles. The maximum Gasteiger partial charge on any atom is 0.246 e. The van der Waals surface area contributed by atoms with Gasteiger partial charge in [-0.15, -0.1) is 0 Å². The van der Waals surface area contributed by atoms with Crippen LogP contribution in [0.1, 0.15) is 30.8 Å². The predicted molar refractivity (Wildman–Crippen MR) is 76.2 cm³/mol. The largest absolute Gasteiger partial charge is 0.463 e. The van der Waals surface area contributed by atoms with Crippen LogP contribution in [0, 0.1) is 0 Å². The lowest BCUT2D eigenvalue weighted by Crippen LogP contribution is -2.60. The summed E-state index contributed by atoms with van der Waals surface area (Å²) in [4.78, 5) is 28.1. The Morgan fingerprint density at radius 3 is 2.90 bits per heavy atom. The Morgan fingerprint density at radius 2 is 2.10 bits per heavy atom. The van der Waals surface area contributed by atoms with Gasteiger partial charge in [-0.2, -0.15) is 0 Å². The molecule has 0 aliphatic carbocycles. The van der Waals surface area contributed by atoms with Crippen LogP contribution in [-0.2, 0) is 22.7 Å². The normalized spacial score (nSPS) is 22.6. The number of carbonyl (C=O) groups excluding carboxylic acids is 2. The lowest BCUT2D eigenvalue weighted by molar-refractivity contribution is -0.158. The van der Waals surface area contributed by atoms with Crippen molar-refractivity contribution in [2.75, 3.05) is 20.1 Å². The van der Waals surface area contributed by atoms with Gasteiger partial charge in [0.15, 0.2) is 0 Å². The monoisotopic (exact) mass is 291 g/mol. The first-order valence-electron chi connectivity index (χ1n) is 7.49. The molecule has 2 aliphatic rings. The van der Waals surface area contributed by atoms with E-state index in [9.17, 15) is 9.59 Å². The molecule has 2 aliphatic heterocycles. The topological polar surface area (TPSA) is 65.8 Å². The van der Waals surface area contributed by atoms with E-state index in [1.54, 1.807) is 9.80 Å². The van der Waals surface area contributed by atoms with Crippen molar-refractivity contribution < 1.29 is 14.0 Å². The number of nitrogens with zero attached hydrogens (tertiary/aromatic N) is 2. The highest BCUT2D eigenvalue weighted by Crippen LogP contribution is 2.24. The first-order chi connectivity index (χ1) is 10.2. The van der Waals surface area contributed by atoms with Gasteiger partial charge in [-0.1, -0.05) is 0 Å². The van der Waals surface area contributed by atoms with Gasteiger partial charge in [0.1, 0.15) is 24.1 Å². The Bertz CT molecular complexity index is 540. The summed E-state index contributed by atoms with van der Waals surface area (Å²) in [7, 11) is 1.85. The summed E-state index contributed by atoms with van der Waals surface area (Å²) in [6, 6.07) is 3.51. The molecule has 6 heteroatoms. The van der Waals surface area contributed by atoms with Gasteiger partial charge in [0.2, 0.25) is 11.8 Å². The Morgan fingerprint density at radius 1 is 1.29 bits per heavy atom. The molecule has 0 saturated carbocycles. The molecule has 2 fully saturated rings. The first-order valence-corrected chi connectivity index (χ1v) is 7.49. The van der Waals surface area contributed by atoms with Crippen LogP contribution < -0.4 is 5.32 Å². The highest BCUT2D eigenvalue weighted by Gasteiger charge is 2.40. The van der Waals surface area contributed by atoms with Crippen LogP contribution in [0.25, 0.3) is 0 Å². The van der Waals surface area contributed by atoms with Gasteiger partial charge >= 0.3 is 0 Å². The Hall–Kier alpha value is -1.82. The Labute approximate surface area is 124 Å². The van der Waals surface area contributed by atoms with Crippen molar-refractivity contribution in [2.45, 2.75) is 38.4 Å². The van der Waals surface area contributed by atoms with E-state index >= 15 is 0 Å². The summed E-state index contributed by atoms with van der Waals surface area (Å²) in [5.74, 6) is 1.68. The number of fused-ring (bicyclic) bond motifs is 1. The van der Waals surface area contributed by atoms with Crippen molar-refractivity contribution in [1.82, 2.24) is 15.1 Å². The second-order valence-electron chi connectivity index (χ2n) is 5.69. The zero-order chi connectivity index (χ0) is 14.8. The minimum absolute atomic E-state index is 0.0564. The molecule has 114 valence electrons. The van der Waals surface area contributed by atoms with Gasteiger partial charge in [-0.3, -0.25) is 9.59 Å². The molecule has 0 aromatic carbocycles. The highest BCUT2D eigenvalue weighted by atomic mass is 16.3. The van der Waals surface area contributed by atoms with Crippen LogP contribution in [0.5, 0.6) is 0 Å². The lowest BCUT2D eigenvalue weighted by Gasteiger charge is -2.42. The number of piperidine rings is 1. The molecule has 1 N–H and O–H groups in total. The zero-order valence-electron chi connectivity index (χ0n) is 12.3. The van der Waals surface area contributed by atoms with E-state index in [0.717, 1.165) is 37.3 Å². The molecule has 3 rings (SSSR count). The quantitative estimate of drug-likeness (QED) is 0.888. The third kappa shape index (κ3) is 2.81. The molecule has 2 saturated heterocycles. The van der Waals surface area contributed by atoms with Crippen molar-refractivity contribution >= 4 is 11.8 Å². The van der Waals surface area contributed by atoms with Crippen LogP contribution in [0.15, 0.2) is 16.5 Å². The van der Waals surface area contributed by atoms with Crippen molar-refractivity contribution in [3.8, 4) is 0 Å². The molecule has 2 amide bonds. The average molecular weight is 291 g/mol. The van der Waals surface area contributed by atoms with Gasteiger partial charge in [0.25, 0.3) is 0 Å². The summed E-state index contributed by atoms with van der Waals surface area (Å²) in [5.41, 5.74) is 0. The molecule has 1 atom stereocenters. The third-order valence-electron chi connectivity index (χ3n) is 4.16. The van der Waals surface area contributed by atoms with E-state index < -0.39 is 0 Å². The van der Waals surface area contributed by atoms with Gasteiger partial charge in [0.05, 0.1) is 13.1 Å². The van der Waals surface area contributed by atoms with Crippen LogP contribution in [0.2, 0.25) is 0 Å². The van der Waals surface area contributed by atoms with Crippen molar-refractivity contribution in [3.05, 3.63) is 23.7 Å². The summed E-state index contributed by atoms with van der Waals surface area (Å²) in [6.45, 7) is 1.91. The van der Waals surface area contributed by atoms with Crippen molar-refractivity contribution in [1.29, 1.82) is 0 Å². The number of piperazine rings is 1. The van der Waals surface area contributed by atoms with Crippen LogP contribution in [0.3, 0.4) is 0 Å². The maximum absolute atomic E-state index is 12.5. The Balaban J connectivity index is 1.70. The minimum Gasteiger partial charge on any atom is -0.463 e. The number of hydrogen-bond donors (Lipinski definition) is 1. The number of amides is 2. The van der Waals surface area contributed by atoms with Gasteiger partial charge in [0, 0.05) is 6.54 Å². The van der Waals surface area contributed by atoms with Crippen LogP contribution >= 0.6 is 0 Å². The van der Waals surface area contributed by atoms with Crippen molar-refractivity contribution in [3.63, 3.8) is 0 Å². The second kappa shape index (κ2) is 5.89. The summed E-state index contributed by atoms with van der Waals surface area (Å²) < 4.78 is 5.67. The minimum atomic E-state index is -0.258. The number of furan rings is 1. The summed E-state index contributed by atoms with van der Waals surface area (Å²) in [6.07, 6.45) is 2.80. The summed E-state index contributed by atoms with van der Waals surface area (Å²) in [5, 5.41) is 3.02. The fourth-order valence-electron chi connectivity index (χ4n) is 3.13. The second-order valence-corrected chi connectivity index (χ2v) is 5.69. The number of nitrogens with one attached hydrogen (secondary N) is 1. The molecule has 21 heavy (non-hydrogen) atoms. The molecule has 0 bridgehead atoms. The predicted octanol–water partition coefficient (Wildman–Crippen LogP) is 0.722. The molecule has 6 nitrogen and oxygen atoms in total. The highest BCUT2D eigenvalue weighted by molar-refractivity contribution is 5.95. The maximum atomic E-state index is 12.5. The van der Waals surface area contributed by atoms with Crippen LogP contribution in [0.4, 0.5) is 0 Å². The van der Waals surface area contributed by atoms with Crippen LogP contribution in [-0.4, -0.2) is 47.8 Å². The molecule has 0 radical (unpaired) electrons. The smallest absolute Gasteiger partial charge is 0.246 e. The fourth-order valence-corrected chi connectivity index (χ4v) is 3.13. The van der Waals surface area contributed by atoms with E-state index in [0.29, 0.717) is 13.1 Å². The number of hydrogen-bond acceptors (Lipinski definition) is 4. The Kier molecular flexibility index (Phi) is 3.96. The molecule has 1 aromatic heterocycles. The van der Waals surface area contributed by atoms with E-state index in [1.165, 1.54) is 0 Å². The van der Waals surface area contributed by atoms with E-state index in [1.807, 2.05) is 19.2 Å². The number of carbonyl (C=O) groups is 2. The zero-order valence-corrected chi connectivity index (χ0v) is 12.3. The standard InChI is InChI=1S/C15H21N3O3/c1-16-8-11-5-6-12(21-11)9-17-10-14(19)18-7-3-2-4-13(18)15(17)20/h5-6,13,16H,2-4,7-10H2,1H3. The summed E-state index contributed by atoms with van der Waals surface area (Å²) >= 11 is 0. The molecule has 0 spiro atoms. The van der Waals surface area contributed by atoms with E-state index in [4.69, 9.17) is 4.42 Å². The third-order valence-corrected chi connectivity index (χ3v) is 4.16. The lowest BCUT2D eigenvalue weighted by atomic mass is 9.98. The average Bonchev–Trinajstić information content (AvgIpc) is 2.92. The molecular formula is C15H21N3O3. The van der Waals surface area contributed by atoms with Gasteiger partial charge in [-0.05, 0) is 38.4 Å².